The minimum Gasteiger partial charge on any atom is -0.348 e. The number of carbonyl (C=O) groups is 1. The van der Waals surface area contributed by atoms with Crippen molar-refractivity contribution in [2.45, 2.75) is 13.0 Å². The van der Waals surface area contributed by atoms with Crippen molar-refractivity contribution in [3.63, 3.8) is 0 Å². The average Bonchev–Trinajstić information content (AvgIpc) is 2.46. The normalized spacial score (nSPS) is 9.65. The van der Waals surface area contributed by atoms with Gasteiger partial charge in [-0.05, 0) is 36.2 Å². The Balaban J connectivity index is 0.00000200. The van der Waals surface area contributed by atoms with Crippen molar-refractivity contribution in [3.8, 4) is 0 Å². The molecular formula is C16H19ClN2O. The van der Waals surface area contributed by atoms with Gasteiger partial charge in [-0.1, -0.05) is 42.5 Å². The van der Waals surface area contributed by atoms with Gasteiger partial charge >= 0.3 is 0 Å². The highest BCUT2D eigenvalue weighted by Crippen LogP contribution is 2.06. The molecule has 0 aromatic heterocycles. The molecule has 2 aromatic rings. The Morgan fingerprint density at radius 2 is 1.70 bits per heavy atom. The highest BCUT2D eigenvalue weighted by atomic mass is 35.5. The molecule has 0 saturated carbocycles. The van der Waals surface area contributed by atoms with Crippen LogP contribution in [0.3, 0.4) is 0 Å². The second kappa shape index (κ2) is 8.35. The van der Waals surface area contributed by atoms with E-state index in [4.69, 9.17) is 5.73 Å². The number of hydrogen-bond acceptors (Lipinski definition) is 2. The Hall–Kier alpha value is -1.84. The van der Waals surface area contributed by atoms with Gasteiger partial charge in [-0.3, -0.25) is 4.79 Å². The fraction of sp³-hybridized carbons (Fsp3) is 0.188. The van der Waals surface area contributed by atoms with Crippen LogP contribution in [0.1, 0.15) is 21.5 Å². The van der Waals surface area contributed by atoms with Gasteiger partial charge in [0.25, 0.3) is 5.91 Å². The maximum atomic E-state index is 12.0. The van der Waals surface area contributed by atoms with Crippen molar-refractivity contribution in [1.82, 2.24) is 5.32 Å². The van der Waals surface area contributed by atoms with Gasteiger partial charge in [0.2, 0.25) is 0 Å². The van der Waals surface area contributed by atoms with E-state index in [0.29, 0.717) is 18.7 Å². The zero-order valence-corrected chi connectivity index (χ0v) is 12.0. The number of rotatable bonds is 5. The Morgan fingerprint density at radius 3 is 2.40 bits per heavy atom. The third kappa shape index (κ3) is 4.68. The molecule has 0 aliphatic carbocycles. The van der Waals surface area contributed by atoms with E-state index in [9.17, 15) is 4.79 Å². The lowest BCUT2D eigenvalue weighted by molar-refractivity contribution is 0.0951. The second-order valence-electron chi connectivity index (χ2n) is 4.41. The molecule has 106 valence electrons. The molecule has 0 unspecified atom stereocenters. The van der Waals surface area contributed by atoms with Gasteiger partial charge in [-0.2, -0.15) is 0 Å². The zero-order chi connectivity index (χ0) is 13.5. The van der Waals surface area contributed by atoms with Gasteiger partial charge < -0.3 is 11.1 Å². The Kier molecular flexibility index (Phi) is 6.77. The Morgan fingerprint density at radius 1 is 1.00 bits per heavy atom. The summed E-state index contributed by atoms with van der Waals surface area (Å²) in [7, 11) is 0. The molecule has 3 N–H and O–H groups in total. The summed E-state index contributed by atoms with van der Waals surface area (Å²) in [6.45, 7) is 1.13. The highest BCUT2D eigenvalue weighted by Gasteiger charge is 2.05. The SMILES string of the molecule is Cl.NCCc1cccc(C(=O)NCc2ccccc2)c1. The number of nitrogens with two attached hydrogens (primary N) is 1. The molecule has 1 amide bonds. The van der Waals surface area contributed by atoms with Crippen LogP contribution in [0, 0.1) is 0 Å². The number of halogens is 1. The van der Waals surface area contributed by atoms with Crippen molar-refractivity contribution in [3.05, 3.63) is 71.3 Å². The Bertz CT molecular complexity index is 543. The molecular weight excluding hydrogens is 272 g/mol. The average molecular weight is 291 g/mol. The molecule has 2 aromatic carbocycles. The number of carbonyl (C=O) groups excluding carboxylic acids is 1. The van der Waals surface area contributed by atoms with Crippen LogP contribution in [0.2, 0.25) is 0 Å². The third-order valence-corrected chi connectivity index (χ3v) is 2.92. The van der Waals surface area contributed by atoms with Crippen LogP contribution in [0.25, 0.3) is 0 Å². The molecule has 0 atom stereocenters. The van der Waals surface area contributed by atoms with Gasteiger partial charge in [-0.25, -0.2) is 0 Å². The summed E-state index contributed by atoms with van der Waals surface area (Å²) in [5.41, 5.74) is 8.39. The van der Waals surface area contributed by atoms with E-state index >= 15 is 0 Å². The Labute approximate surface area is 125 Å². The monoisotopic (exact) mass is 290 g/mol. The first-order chi connectivity index (χ1) is 9.29. The van der Waals surface area contributed by atoms with Crippen LogP contribution >= 0.6 is 12.4 Å². The van der Waals surface area contributed by atoms with Crippen molar-refractivity contribution < 1.29 is 4.79 Å². The molecule has 0 heterocycles. The predicted octanol–water partition coefficient (Wildman–Crippen LogP) is 2.54. The van der Waals surface area contributed by atoms with Crippen LogP contribution < -0.4 is 11.1 Å². The lowest BCUT2D eigenvalue weighted by Crippen LogP contribution is -2.22. The minimum absolute atomic E-state index is 0. The van der Waals surface area contributed by atoms with Gasteiger partial charge in [-0.15, -0.1) is 12.4 Å². The molecule has 0 radical (unpaired) electrons. The van der Waals surface area contributed by atoms with E-state index in [1.54, 1.807) is 0 Å². The molecule has 4 heteroatoms. The fourth-order valence-corrected chi connectivity index (χ4v) is 1.92. The van der Waals surface area contributed by atoms with E-state index in [2.05, 4.69) is 5.32 Å². The van der Waals surface area contributed by atoms with Gasteiger partial charge in [0, 0.05) is 12.1 Å². The molecule has 20 heavy (non-hydrogen) atoms. The lowest BCUT2D eigenvalue weighted by Gasteiger charge is -2.07. The van der Waals surface area contributed by atoms with E-state index in [1.165, 1.54) is 0 Å². The smallest absolute Gasteiger partial charge is 0.251 e. The summed E-state index contributed by atoms with van der Waals surface area (Å²) in [6, 6.07) is 17.5. The summed E-state index contributed by atoms with van der Waals surface area (Å²) in [4.78, 5) is 12.0. The largest absolute Gasteiger partial charge is 0.348 e. The van der Waals surface area contributed by atoms with Crippen molar-refractivity contribution in [2.75, 3.05) is 6.54 Å². The first-order valence-electron chi connectivity index (χ1n) is 6.41. The summed E-state index contributed by atoms with van der Waals surface area (Å²) in [5, 5.41) is 2.91. The molecule has 3 nitrogen and oxygen atoms in total. The number of nitrogens with one attached hydrogen (secondary N) is 1. The van der Waals surface area contributed by atoms with E-state index in [1.807, 2.05) is 54.6 Å². The standard InChI is InChI=1S/C16H18N2O.ClH/c17-10-9-13-7-4-8-15(11-13)16(19)18-12-14-5-2-1-3-6-14;/h1-8,11H,9-10,12,17H2,(H,18,19);1H. The molecule has 2 rings (SSSR count). The van der Waals surface area contributed by atoms with Crippen molar-refractivity contribution in [2.24, 2.45) is 5.73 Å². The third-order valence-electron chi connectivity index (χ3n) is 2.92. The van der Waals surface area contributed by atoms with Crippen LogP contribution in [0.5, 0.6) is 0 Å². The van der Waals surface area contributed by atoms with Gasteiger partial charge in [0.1, 0.15) is 0 Å². The van der Waals surface area contributed by atoms with E-state index < -0.39 is 0 Å². The number of amides is 1. The van der Waals surface area contributed by atoms with Gasteiger partial charge in [0.15, 0.2) is 0 Å². The lowest BCUT2D eigenvalue weighted by atomic mass is 10.1. The summed E-state index contributed by atoms with van der Waals surface area (Å²) >= 11 is 0. The molecule has 0 spiro atoms. The predicted molar refractivity (Wildman–Crippen MR) is 84.1 cm³/mol. The molecule has 0 bridgehead atoms. The van der Waals surface area contributed by atoms with Crippen molar-refractivity contribution in [1.29, 1.82) is 0 Å². The van der Waals surface area contributed by atoms with Crippen molar-refractivity contribution >= 4 is 18.3 Å². The molecule has 0 aliphatic heterocycles. The van der Waals surface area contributed by atoms with Crippen LogP contribution in [0.15, 0.2) is 54.6 Å². The van der Waals surface area contributed by atoms with Gasteiger partial charge in [0.05, 0.1) is 0 Å². The minimum atomic E-state index is -0.0530. The summed E-state index contributed by atoms with van der Waals surface area (Å²) < 4.78 is 0. The molecule has 0 aliphatic rings. The second-order valence-corrected chi connectivity index (χ2v) is 4.41. The topological polar surface area (TPSA) is 55.1 Å². The molecule has 0 saturated heterocycles. The zero-order valence-electron chi connectivity index (χ0n) is 11.2. The number of hydrogen-bond donors (Lipinski definition) is 2. The maximum Gasteiger partial charge on any atom is 0.251 e. The summed E-state index contributed by atoms with van der Waals surface area (Å²) in [5.74, 6) is -0.0530. The summed E-state index contributed by atoms with van der Waals surface area (Å²) in [6.07, 6.45) is 0.791. The maximum absolute atomic E-state index is 12.0. The van der Waals surface area contributed by atoms with Crippen LogP contribution in [-0.2, 0) is 13.0 Å². The quantitative estimate of drug-likeness (QED) is 0.889. The first-order valence-corrected chi connectivity index (χ1v) is 6.41. The highest BCUT2D eigenvalue weighted by molar-refractivity contribution is 5.94. The number of benzene rings is 2. The fourth-order valence-electron chi connectivity index (χ4n) is 1.92. The van der Waals surface area contributed by atoms with E-state index in [0.717, 1.165) is 17.5 Å². The van der Waals surface area contributed by atoms with Crippen LogP contribution in [-0.4, -0.2) is 12.5 Å². The first kappa shape index (κ1) is 16.2. The van der Waals surface area contributed by atoms with Crippen LogP contribution in [0.4, 0.5) is 0 Å². The van der Waals surface area contributed by atoms with E-state index in [-0.39, 0.29) is 18.3 Å². The molecule has 0 fully saturated rings.